The number of carbonyl (C=O) groups is 1. The van der Waals surface area contributed by atoms with Gasteiger partial charge in [0.15, 0.2) is 0 Å². The van der Waals surface area contributed by atoms with Crippen molar-refractivity contribution >= 4 is 22.8 Å². The van der Waals surface area contributed by atoms with E-state index in [-0.39, 0.29) is 11.9 Å². The van der Waals surface area contributed by atoms with E-state index >= 15 is 0 Å². The van der Waals surface area contributed by atoms with E-state index in [1.807, 2.05) is 61.5 Å². The SMILES string of the molecule is Cc1nc2ccc(C(=O)N(C)[C@@H]3CCCN(c4ccccn4)C3)cc2[nH]1. The molecule has 1 N–H and O–H groups in total. The first-order valence-corrected chi connectivity index (χ1v) is 9.01. The van der Waals surface area contributed by atoms with Crippen molar-refractivity contribution in [2.75, 3.05) is 25.0 Å². The summed E-state index contributed by atoms with van der Waals surface area (Å²) < 4.78 is 0. The first-order chi connectivity index (χ1) is 12.6. The molecule has 0 unspecified atom stereocenters. The predicted octanol–water partition coefficient (Wildman–Crippen LogP) is 3.01. The number of aromatic amines is 1. The van der Waals surface area contributed by atoms with Crippen LogP contribution in [0.3, 0.4) is 0 Å². The summed E-state index contributed by atoms with van der Waals surface area (Å²) in [4.78, 5) is 29.2. The van der Waals surface area contributed by atoms with Crippen LogP contribution in [0.2, 0.25) is 0 Å². The van der Waals surface area contributed by atoms with Crippen molar-refractivity contribution in [3.8, 4) is 0 Å². The summed E-state index contributed by atoms with van der Waals surface area (Å²) in [7, 11) is 1.90. The number of piperidine rings is 1. The molecule has 6 nitrogen and oxygen atoms in total. The second kappa shape index (κ2) is 6.78. The number of rotatable bonds is 3. The normalized spacial score (nSPS) is 17.5. The largest absolute Gasteiger partial charge is 0.355 e. The second-order valence-corrected chi connectivity index (χ2v) is 6.90. The summed E-state index contributed by atoms with van der Waals surface area (Å²) in [6.07, 6.45) is 3.88. The van der Waals surface area contributed by atoms with Gasteiger partial charge in [0.2, 0.25) is 0 Å². The molecule has 0 bridgehead atoms. The molecule has 2 aromatic heterocycles. The van der Waals surface area contributed by atoms with E-state index in [1.165, 1.54) is 0 Å². The molecule has 3 aromatic rings. The van der Waals surface area contributed by atoms with E-state index < -0.39 is 0 Å². The Bertz CT molecular complexity index is 920. The number of aromatic nitrogens is 3. The average Bonchev–Trinajstić information content (AvgIpc) is 3.06. The van der Waals surface area contributed by atoms with Crippen LogP contribution >= 0.6 is 0 Å². The zero-order valence-electron chi connectivity index (χ0n) is 15.1. The summed E-state index contributed by atoms with van der Waals surface area (Å²) in [6.45, 7) is 3.71. The van der Waals surface area contributed by atoms with Gasteiger partial charge in [-0.15, -0.1) is 0 Å². The van der Waals surface area contributed by atoms with E-state index in [0.717, 1.165) is 48.6 Å². The molecule has 0 radical (unpaired) electrons. The number of H-pyrrole nitrogens is 1. The first kappa shape index (κ1) is 16.6. The van der Waals surface area contributed by atoms with Crippen LogP contribution in [0.5, 0.6) is 0 Å². The van der Waals surface area contributed by atoms with E-state index in [1.54, 1.807) is 0 Å². The van der Waals surface area contributed by atoms with Gasteiger partial charge in [-0.25, -0.2) is 9.97 Å². The summed E-state index contributed by atoms with van der Waals surface area (Å²) >= 11 is 0. The molecule has 1 atom stereocenters. The lowest BCUT2D eigenvalue weighted by Gasteiger charge is -2.38. The van der Waals surface area contributed by atoms with Gasteiger partial charge < -0.3 is 14.8 Å². The number of fused-ring (bicyclic) bond motifs is 1. The Morgan fingerprint density at radius 2 is 2.19 bits per heavy atom. The molecule has 6 heteroatoms. The molecule has 1 aliphatic rings. The number of anilines is 1. The molecule has 4 rings (SSSR count). The lowest BCUT2D eigenvalue weighted by atomic mass is 10.0. The maximum atomic E-state index is 13.0. The fourth-order valence-electron chi connectivity index (χ4n) is 3.66. The molecule has 134 valence electrons. The van der Waals surface area contributed by atoms with Crippen molar-refractivity contribution in [1.29, 1.82) is 0 Å². The van der Waals surface area contributed by atoms with E-state index in [4.69, 9.17) is 0 Å². The average molecular weight is 349 g/mol. The Morgan fingerprint density at radius 1 is 1.31 bits per heavy atom. The van der Waals surface area contributed by atoms with Crippen molar-refractivity contribution in [2.45, 2.75) is 25.8 Å². The maximum Gasteiger partial charge on any atom is 0.253 e. The molecule has 0 aliphatic carbocycles. The minimum atomic E-state index is 0.0482. The van der Waals surface area contributed by atoms with Crippen molar-refractivity contribution in [3.05, 3.63) is 54.0 Å². The molecule has 26 heavy (non-hydrogen) atoms. The Hall–Kier alpha value is -2.89. The molecule has 3 heterocycles. The van der Waals surface area contributed by atoms with Crippen molar-refractivity contribution in [3.63, 3.8) is 0 Å². The number of carbonyl (C=O) groups excluding carboxylic acids is 1. The summed E-state index contributed by atoms with van der Waals surface area (Å²) in [5, 5.41) is 0. The summed E-state index contributed by atoms with van der Waals surface area (Å²) in [6, 6.07) is 11.8. The number of likely N-dealkylation sites (N-methyl/N-ethyl adjacent to an activating group) is 1. The number of amides is 1. The first-order valence-electron chi connectivity index (χ1n) is 9.01. The van der Waals surface area contributed by atoms with Crippen molar-refractivity contribution in [2.24, 2.45) is 0 Å². The number of nitrogens with zero attached hydrogens (tertiary/aromatic N) is 4. The third-order valence-electron chi connectivity index (χ3n) is 5.09. The Morgan fingerprint density at radius 3 is 3.00 bits per heavy atom. The highest BCUT2D eigenvalue weighted by Gasteiger charge is 2.27. The molecule has 1 aromatic carbocycles. The van der Waals surface area contributed by atoms with Gasteiger partial charge in [-0.05, 0) is 50.1 Å². The monoisotopic (exact) mass is 349 g/mol. The molecular formula is C20H23N5O. The van der Waals surface area contributed by atoms with Crippen LogP contribution in [0, 0.1) is 6.92 Å². The number of hydrogen-bond donors (Lipinski definition) is 1. The lowest BCUT2D eigenvalue weighted by Crippen LogP contribution is -2.48. The molecular weight excluding hydrogens is 326 g/mol. The number of nitrogens with one attached hydrogen (secondary N) is 1. The van der Waals surface area contributed by atoms with Crippen molar-refractivity contribution < 1.29 is 4.79 Å². The minimum Gasteiger partial charge on any atom is -0.355 e. The third-order valence-corrected chi connectivity index (χ3v) is 5.09. The second-order valence-electron chi connectivity index (χ2n) is 6.90. The highest BCUT2D eigenvalue weighted by Crippen LogP contribution is 2.22. The van der Waals surface area contributed by atoms with Crippen molar-refractivity contribution in [1.82, 2.24) is 19.9 Å². The van der Waals surface area contributed by atoms with E-state index in [9.17, 15) is 4.79 Å². The topological polar surface area (TPSA) is 65.1 Å². The lowest BCUT2D eigenvalue weighted by molar-refractivity contribution is 0.0717. The van der Waals surface area contributed by atoms with Gasteiger partial charge in [0.1, 0.15) is 11.6 Å². The number of benzene rings is 1. The highest BCUT2D eigenvalue weighted by atomic mass is 16.2. The van der Waals surface area contributed by atoms with Gasteiger partial charge in [0.05, 0.1) is 11.0 Å². The number of pyridine rings is 1. The molecule has 0 saturated carbocycles. The molecule has 0 spiro atoms. The summed E-state index contributed by atoms with van der Waals surface area (Å²) in [5.41, 5.74) is 2.49. The highest BCUT2D eigenvalue weighted by molar-refractivity contribution is 5.97. The zero-order valence-corrected chi connectivity index (χ0v) is 15.1. The third kappa shape index (κ3) is 3.14. The van der Waals surface area contributed by atoms with E-state index in [2.05, 4.69) is 19.9 Å². The van der Waals surface area contributed by atoms with Crippen LogP contribution < -0.4 is 4.90 Å². The number of hydrogen-bond acceptors (Lipinski definition) is 4. The molecule has 1 amide bonds. The summed E-state index contributed by atoms with van der Waals surface area (Å²) in [5.74, 6) is 1.88. The minimum absolute atomic E-state index is 0.0482. The van der Waals surface area contributed by atoms with Crippen LogP contribution in [0.15, 0.2) is 42.6 Å². The number of imidazole rings is 1. The predicted molar refractivity (Wildman–Crippen MR) is 102 cm³/mol. The number of aryl methyl sites for hydroxylation is 1. The van der Waals surface area contributed by atoms with Crippen LogP contribution in [-0.4, -0.2) is 51.9 Å². The quantitative estimate of drug-likeness (QED) is 0.789. The Kier molecular flexibility index (Phi) is 4.32. The fourth-order valence-corrected chi connectivity index (χ4v) is 3.66. The van der Waals surface area contributed by atoms with Crippen LogP contribution in [0.25, 0.3) is 11.0 Å². The smallest absolute Gasteiger partial charge is 0.253 e. The molecule has 1 aliphatic heterocycles. The Balaban J connectivity index is 1.51. The van der Waals surface area contributed by atoms with Gasteiger partial charge in [0, 0.05) is 37.9 Å². The fraction of sp³-hybridized carbons (Fsp3) is 0.350. The molecule has 1 saturated heterocycles. The van der Waals surface area contributed by atoms with Gasteiger partial charge >= 0.3 is 0 Å². The standard InChI is InChI=1S/C20H23N5O/c1-14-22-17-9-8-15(12-18(17)23-14)20(26)24(2)16-6-5-11-25(13-16)19-7-3-4-10-21-19/h3-4,7-10,12,16H,5-6,11,13H2,1-2H3,(H,22,23)/t16-/m1/s1. The van der Waals surface area contributed by atoms with Gasteiger partial charge in [0.25, 0.3) is 5.91 Å². The molecule has 1 fully saturated rings. The van der Waals surface area contributed by atoms with Gasteiger partial charge in [-0.2, -0.15) is 0 Å². The van der Waals surface area contributed by atoms with Gasteiger partial charge in [-0.3, -0.25) is 4.79 Å². The van der Waals surface area contributed by atoms with Crippen LogP contribution in [-0.2, 0) is 0 Å². The van der Waals surface area contributed by atoms with Gasteiger partial charge in [-0.1, -0.05) is 6.07 Å². The Labute approximate surface area is 152 Å². The van der Waals surface area contributed by atoms with E-state index in [0.29, 0.717) is 5.56 Å². The zero-order chi connectivity index (χ0) is 18.1. The maximum absolute atomic E-state index is 13.0. The van der Waals surface area contributed by atoms with Crippen LogP contribution in [0.1, 0.15) is 29.0 Å². The van der Waals surface area contributed by atoms with Crippen LogP contribution in [0.4, 0.5) is 5.82 Å².